The van der Waals surface area contributed by atoms with Gasteiger partial charge in [-0.2, -0.15) is 5.10 Å². The lowest BCUT2D eigenvalue weighted by atomic mass is 9.96. The van der Waals surface area contributed by atoms with Crippen molar-refractivity contribution in [3.05, 3.63) is 51.8 Å². The second-order valence-electron chi connectivity index (χ2n) is 12.1. The maximum absolute atomic E-state index is 13.4. The molecule has 3 aliphatic heterocycles. The zero-order valence-corrected chi connectivity index (χ0v) is 24.3. The van der Waals surface area contributed by atoms with Crippen LogP contribution in [0, 0.1) is 13.8 Å². The number of aromatic nitrogens is 2. The number of amides is 5. The molecule has 0 aliphatic carbocycles. The number of benzene rings is 1. The number of hydrogen-bond donors (Lipinski definition) is 1. The topological polar surface area (TPSA) is 131 Å². The molecule has 1 N–H and O–H groups in total. The number of likely N-dealkylation sites (tertiary alicyclic amines) is 1. The molecule has 41 heavy (non-hydrogen) atoms. The van der Waals surface area contributed by atoms with Crippen molar-refractivity contribution >= 4 is 29.7 Å². The van der Waals surface area contributed by atoms with Gasteiger partial charge in [-0.25, -0.2) is 4.79 Å². The van der Waals surface area contributed by atoms with Crippen LogP contribution >= 0.6 is 0 Å². The molecule has 1 aromatic carbocycles. The third kappa shape index (κ3) is 5.49. The lowest BCUT2D eigenvalue weighted by Gasteiger charge is -2.34. The van der Waals surface area contributed by atoms with Crippen LogP contribution in [0.25, 0.3) is 0 Å². The molecule has 11 heteroatoms. The van der Waals surface area contributed by atoms with Crippen LogP contribution in [0.2, 0.25) is 0 Å². The standard InChI is InChI=1S/C30H37N5O6/c1-17-21(18(2)35(32-17)20-13-15-33(16-14-20)29(40)41-30(3,4)5)10-9-19-7-6-8-22-25(19)28(39)34(27(22)38)23-11-12-24(36)31-26(23)37/h6-8,20,23H,9-16H2,1-5H3,(H,31,36,37). The fourth-order valence-corrected chi connectivity index (χ4v) is 6.09. The van der Waals surface area contributed by atoms with Crippen molar-refractivity contribution in [3.63, 3.8) is 0 Å². The quantitative estimate of drug-likeness (QED) is 0.553. The average Bonchev–Trinajstić information content (AvgIpc) is 3.33. The second kappa shape index (κ2) is 10.8. The minimum absolute atomic E-state index is 0.0826. The summed E-state index contributed by atoms with van der Waals surface area (Å²) in [7, 11) is 0. The molecule has 0 radical (unpaired) electrons. The van der Waals surface area contributed by atoms with Crippen LogP contribution in [0.4, 0.5) is 4.79 Å². The van der Waals surface area contributed by atoms with Gasteiger partial charge in [0.2, 0.25) is 11.8 Å². The Morgan fingerprint density at radius 2 is 1.73 bits per heavy atom. The highest BCUT2D eigenvalue weighted by molar-refractivity contribution is 6.24. The highest BCUT2D eigenvalue weighted by Gasteiger charge is 2.45. The van der Waals surface area contributed by atoms with Crippen LogP contribution in [0.15, 0.2) is 18.2 Å². The molecular weight excluding hydrogens is 526 g/mol. The van der Waals surface area contributed by atoms with Gasteiger partial charge in [-0.3, -0.25) is 34.1 Å². The van der Waals surface area contributed by atoms with Gasteiger partial charge < -0.3 is 9.64 Å². The molecule has 2 fully saturated rings. The molecule has 0 bridgehead atoms. The fourth-order valence-electron chi connectivity index (χ4n) is 6.09. The first kappa shape index (κ1) is 28.5. The van der Waals surface area contributed by atoms with Gasteiger partial charge in [0, 0.05) is 25.2 Å². The van der Waals surface area contributed by atoms with Crippen molar-refractivity contribution in [2.75, 3.05) is 13.1 Å². The molecule has 11 nitrogen and oxygen atoms in total. The summed E-state index contributed by atoms with van der Waals surface area (Å²) in [4.78, 5) is 65.9. The van der Waals surface area contributed by atoms with Crippen LogP contribution in [-0.4, -0.2) is 74.0 Å². The average molecular weight is 564 g/mol. The number of rotatable bonds is 5. The van der Waals surface area contributed by atoms with E-state index in [1.165, 1.54) is 0 Å². The van der Waals surface area contributed by atoms with E-state index in [9.17, 15) is 24.0 Å². The summed E-state index contributed by atoms with van der Waals surface area (Å²) >= 11 is 0. The Hall–Kier alpha value is -4.02. The Morgan fingerprint density at radius 1 is 1.02 bits per heavy atom. The van der Waals surface area contributed by atoms with E-state index in [0.29, 0.717) is 31.5 Å². The highest BCUT2D eigenvalue weighted by Crippen LogP contribution is 2.32. The van der Waals surface area contributed by atoms with E-state index in [1.54, 1.807) is 17.0 Å². The minimum atomic E-state index is -0.989. The molecule has 4 heterocycles. The summed E-state index contributed by atoms with van der Waals surface area (Å²) in [5.74, 6) is -2.01. The smallest absolute Gasteiger partial charge is 0.410 e. The summed E-state index contributed by atoms with van der Waals surface area (Å²) in [6.07, 6.45) is 2.63. The number of nitrogens with one attached hydrogen (secondary N) is 1. The Labute approximate surface area is 239 Å². The van der Waals surface area contributed by atoms with E-state index in [4.69, 9.17) is 9.84 Å². The van der Waals surface area contributed by atoms with Crippen LogP contribution < -0.4 is 5.32 Å². The fraction of sp³-hybridized carbons (Fsp3) is 0.533. The summed E-state index contributed by atoms with van der Waals surface area (Å²) < 4.78 is 7.58. The molecule has 1 atom stereocenters. The molecule has 5 rings (SSSR count). The van der Waals surface area contributed by atoms with E-state index < -0.39 is 35.3 Å². The number of piperidine rings is 2. The number of fused-ring (bicyclic) bond motifs is 1. The van der Waals surface area contributed by atoms with Crippen molar-refractivity contribution in [2.24, 2.45) is 0 Å². The molecule has 0 saturated carbocycles. The predicted molar refractivity (Wildman–Crippen MR) is 148 cm³/mol. The number of carbonyl (C=O) groups is 5. The van der Waals surface area contributed by atoms with Crippen molar-refractivity contribution in [1.29, 1.82) is 0 Å². The number of nitrogens with zero attached hydrogens (tertiary/aromatic N) is 4. The maximum atomic E-state index is 13.4. The summed E-state index contributed by atoms with van der Waals surface area (Å²) in [5, 5.41) is 7.08. The molecule has 0 spiro atoms. The highest BCUT2D eigenvalue weighted by atomic mass is 16.6. The summed E-state index contributed by atoms with van der Waals surface area (Å²) in [6.45, 7) is 10.8. The van der Waals surface area contributed by atoms with Crippen molar-refractivity contribution in [3.8, 4) is 0 Å². The normalized spacial score (nSPS) is 20.0. The molecule has 3 aliphatic rings. The van der Waals surface area contributed by atoms with Gasteiger partial charge in [0.25, 0.3) is 11.8 Å². The van der Waals surface area contributed by atoms with Gasteiger partial charge in [-0.1, -0.05) is 12.1 Å². The minimum Gasteiger partial charge on any atom is -0.444 e. The third-order valence-corrected chi connectivity index (χ3v) is 8.14. The Balaban J connectivity index is 1.28. The number of aryl methyl sites for hydroxylation is 2. The molecule has 2 saturated heterocycles. The number of imide groups is 2. The van der Waals surface area contributed by atoms with E-state index in [0.717, 1.165) is 40.3 Å². The van der Waals surface area contributed by atoms with Gasteiger partial charge in [0.1, 0.15) is 11.6 Å². The van der Waals surface area contributed by atoms with E-state index in [-0.39, 0.29) is 30.5 Å². The van der Waals surface area contributed by atoms with Gasteiger partial charge in [-0.05, 0) is 83.9 Å². The molecule has 1 aromatic heterocycles. The zero-order chi connectivity index (χ0) is 29.6. The van der Waals surface area contributed by atoms with E-state index in [1.807, 2.05) is 40.7 Å². The Morgan fingerprint density at radius 3 is 2.39 bits per heavy atom. The Kier molecular flexibility index (Phi) is 7.48. The molecule has 2 aromatic rings. The molecule has 1 unspecified atom stereocenters. The lowest BCUT2D eigenvalue weighted by Crippen LogP contribution is -2.54. The van der Waals surface area contributed by atoms with Crippen molar-refractivity contribution in [1.82, 2.24) is 24.9 Å². The summed E-state index contributed by atoms with van der Waals surface area (Å²) in [6, 6.07) is 4.40. The van der Waals surface area contributed by atoms with Gasteiger partial charge >= 0.3 is 6.09 Å². The lowest BCUT2D eigenvalue weighted by molar-refractivity contribution is -0.136. The van der Waals surface area contributed by atoms with Gasteiger partial charge in [0.15, 0.2) is 0 Å². The largest absolute Gasteiger partial charge is 0.444 e. The first-order valence-corrected chi connectivity index (χ1v) is 14.2. The Bertz CT molecular complexity index is 1430. The zero-order valence-electron chi connectivity index (χ0n) is 24.3. The number of carbonyl (C=O) groups excluding carboxylic acids is 5. The molecule has 5 amide bonds. The van der Waals surface area contributed by atoms with Gasteiger partial charge in [-0.15, -0.1) is 0 Å². The van der Waals surface area contributed by atoms with E-state index >= 15 is 0 Å². The van der Waals surface area contributed by atoms with Crippen LogP contribution in [-0.2, 0) is 27.2 Å². The third-order valence-electron chi connectivity index (χ3n) is 8.14. The predicted octanol–water partition coefficient (Wildman–Crippen LogP) is 3.26. The molecule has 218 valence electrons. The van der Waals surface area contributed by atoms with Gasteiger partial charge in [0.05, 0.1) is 22.9 Å². The first-order valence-electron chi connectivity index (χ1n) is 14.2. The second-order valence-corrected chi connectivity index (χ2v) is 12.1. The van der Waals surface area contributed by atoms with Crippen LogP contribution in [0.5, 0.6) is 0 Å². The van der Waals surface area contributed by atoms with Crippen molar-refractivity contribution in [2.45, 2.75) is 90.8 Å². The first-order chi connectivity index (χ1) is 19.4. The maximum Gasteiger partial charge on any atom is 0.410 e. The van der Waals surface area contributed by atoms with E-state index in [2.05, 4.69) is 10.00 Å². The molecular formula is C30H37N5O6. The summed E-state index contributed by atoms with van der Waals surface area (Å²) in [5.41, 5.74) is 3.90. The van der Waals surface area contributed by atoms with Crippen LogP contribution in [0.1, 0.15) is 95.7 Å². The van der Waals surface area contributed by atoms with Crippen molar-refractivity contribution < 1.29 is 28.7 Å². The number of ether oxygens (including phenoxy) is 1. The SMILES string of the molecule is Cc1nn(C2CCN(C(=O)OC(C)(C)C)CC2)c(C)c1CCc1cccc2c1C(=O)N(C1CCC(=O)NC1=O)C2=O. The van der Waals surface area contributed by atoms with Crippen LogP contribution in [0.3, 0.4) is 0 Å². The number of hydrogen-bond acceptors (Lipinski definition) is 7. The monoisotopic (exact) mass is 563 g/mol.